The molecule has 4 rings (SSSR count). The van der Waals surface area contributed by atoms with Crippen LogP contribution in [0.1, 0.15) is 38.5 Å². The number of piperazine rings is 1. The molecule has 0 spiro atoms. The zero-order valence-electron chi connectivity index (χ0n) is 16.5. The number of anilines is 1. The number of hydrogen-bond acceptors (Lipinski definition) is 5. The minimum atomic E-state index is 0.0964. The molecule has 3 aliphatic rings. The van der Waals surface area contributed by atoms with Crippen molar-refractivity contribution in [3.8, 4) is 0 Å². The molecule has 7 nitrogen and oxygen atoms in total. The Morgan fingerprint density at radius 1 is 1.11 bits per heavy atom. The van der Waals surface area contributed by atoms with Gasteiger partial charge in [-0.15, -0.1) is 0 Å². The Kier molecular flexibility index (Phi) is 6.10. The number of rotatable bonds is 6. The summed E-state index contributed by atoms with van der Waals surface area (Å²) < 4.78 is 0. The maximum atomic E-state index is 12.4. The first-order valence-corrected chi connectivity index (χ1v) is 10.6. The van der Waals surface area contributed by atoms with Gasteiger partial charge in [0, 0.05) is 63.8 Å². The van der Waals surface area contributed by atoms with E-state index in [1.165, 1.54) is 12.8 Å². The number of aromatic nitrogens is 1. The lowest BCUT2D eigenvalue weighted by molar-refractivity contribution is -0.131. The number of nitrogens with zero attached hydrogens (tertiary/aromatic N) is 3. The van der Waals surface area contributed by atoms with E-state index >= 15 is 0 Å². The van der Waals surface area contributed by atoms with E-state index in [9.17, 15) is 9.59 Å². The van der Waals surface area contributed by atoms with Crippen LogP contribution in [0.25, 0.3) is 0 Å². The second-order valence-corrected chi connectivity index (χ2v) is 8.34. The molecule has 152 valence electrons. The lowest BCUT2D eigenvalue weighted by atomic mass is 9.89. The number of nitrogens with one attached hydrogen (secondary N) is 2. The van der Waals surface area contributed by atoms with Crippen molar-refractivity contribution in [1.82, 2.24) is 20.5 Å². The van der Waals surface area contributed by atoms with E-state index in [4.69, 9.17) is 0 Å². The second kappa shape index (κ2) is 8.90. The quantitative estimate of drug-likeness (QED) is 0.768. The highest BCUT2D eigenvalue weighted by Gasteiger charge is 2.34. The second-order valence-electron chi connectivity index (χ2n) is 8.34. The summed E-state index contributed by atoms with van der Waals surface area (Å²) in [5, 5.41) is 6.57. The molecule has 3 aliphatic heterocycles. The van der Waals surface area contributed by atoms with Crippen molar-refractivity contribution in [2.45, 2.75) is 50.6 Å². The highest BCUT2D eigenvalue weighted by Crippen LogP contribution is 2.32. The zero-order valence-corrected chi connectivity index (χ0v) is 16.5. The van der Waals surface area contributed by atoms with Gasteiger partial charge in [0.1, 0.15) is 5.82 Å². The SMILES string of the molecule is O=C(CC1CC2CCC(C1)N2)NCCC(=O)N1CCN(c2ccccn2)CC1. The first-order valence-electron chi connectivity index (χ1n) is 10.6. The Morgan fingerprint density at radius 3 is 2.54 bits per heavy atom. The van der Waals surface area contributed by atoms with Crippen LogP contribution < -0.4 is 15.5 Å². The van der Waals surface area contributed by atoms with Gasteiger partial charge in [-0.1, -0.05) is 6.07 Å². The maximum Gasteiger partial charge on any atom is 0.224 e. The fourth-order valence-corrected chi connectivity index (χ4v) is 4.87. The van der Waals surface area contributed by atoms with Gasteiger partial charge in [-0.05, 0) is 43.7 Å². The first kappa shape index (κ1) is 19.2. The molecule has 0 aliphatic carbocycles. The average molecular weight is 386 g/mol. The Hall–Kier alpha value is -2.15. The van der Waals surface area contributed by atoms with Gasteiger partial charge in [0.05, 0.1) is 0 Å². The lowest BCUT2D eigenvalue weighted by Crippen LogP contribution is -2.49. The molecular formula is C21H31N5O2. The van der Waals surface area contributed by atoms with E-state index in [-0.39, 0.29) is 11.8 Å². The van der Waals surface area contributed by atoms with Crippen LogP contribution in [0.3, 0.4) is 0 Å². The molecule has 2 amide bonds. The third kappa shape index (κ3) is 4.82. The van der Waals surface area contributed by atoms with Gasteiger partial charge in [-0.3, -0.25) is 9.59 Å². The summed E-state index contributed by atoms with van der Waals surface area (Å²) in [4.78, 5) is 33.2. The molecule has 7 heteroatoms. The van der Waals surface area contributed by atoms with Crippen molar-refractivity contribution in [3.05, 3.63) is 24.4 Å². The van der Waals surface area contributed by atoms with Crippen LogP contribution in [-0.2, 0) is 9.59 Å². The Labute approximate surface area is 166 Å². The molecule has 1 aromatic rings. The number of piperidine rings is 1. The monoisotopic (exact) mass is 385 g/mol. The largest absolute Gasteiger partial charge is 0.356 e. The highest BCUT2D eigenvalue weighted by molar-refractivity contribution is 5.79. The van der Waals surface area contributed by atoms with Gasteiger partial charge < -0.3 is 20.4 Å². The topological polar surface area (TPSA) is 77.6 Å². The van der Waals surface area contributed by atoms with E-state index < -0.39 is 0 Å². The third-order valence-corrected chi connectivity index (χ3v) is 6.31. The Morgan fingerprint density at radius 2 is 1.86 bits per heavy atom. The number of carbonyl (C=O) groups is 2. The van der Waals surface area contributed by atoms with Gasteiger partial charge >= 0.3 is 0 Å². The standard InChI is InChI=1S/C21H31N5O2/c27-20(15-16-13-17-4-5-18(14-16)24-17)23-8-6-21(28)26-11-9-25(10-12-26)19-3-1-2-7-22-19/h1-3,7,16-18,24H,4-6,8-15H2,(H,23,27). The molecule has 2 unspecified atom stereocenters. The van der Waals surface area contributed by atoms with Crippen LogP contribution in [0.15, 0.2) is 24.4 Å². The van der Waals surface area contributed by atoms with Crippen molar-refractivity contribution in [3.63, 3.8) is 0 Å². The molecule has 0 aromatic carbocycles. The predicted molar refractivity (Wildman–Crippen MR) is 108 cm³/mol. The first-order chi connectivity index (χ1) is 13.7. The van der Waals surface area contributed by atoms with Crippen LogP contribution in [0.2, 0.25) is 0 Å². The summed E-state index contributed by atoms with van der Waals surface area (Å²) in [6.45, 7) is 3.46. The number of pyridine rings is 1. The van der Waals surface area contributed by atoms with Crippen LogP contribution in [0, 0.1) is 5.92 Å². The third-order valence-electron chi connectivity index (χ3n) is 6.31. The Bertz CT molecular complexity index is 663. The van der Waals surface area contributed by atoms with Gasteiger partial charge in [0.15, 0.2) is 0 Å². The normalized spacial score (nSPS) is 26.9. The summed E-state index contributed by atoms with van der Waals surface area (Å²) in [5.74, 6) is 1.68. The molecule has 0 radical (unpaired) electrons. The van der Waals surface area contributed by atoms with Gasteiger partial charge in [-0.25, -0.2) is 4.98 Å². The molecule has 2 atom stereocenters. The molecule has 4 heterocycles. The minimum Gasteiger partial charge on any atom is -0.356 e. The zero-order chi connectivity index (χ0) is 19.3. The summed E-state index contributed by atoms with van der Waals surface area (Å²) in [6, 6.07) is 7.12. The summed E-state index contributed by atoms with van der Waals surface area (Å²) in [7, 11) is 0. The average Bonchev–Trinajstić information content (AvgIpc) is 3.07. The van der Waals surface area contributed by atoms with Crippen LogP contribution in [0.4, 0.5) is 5.82 Å². The highest BCUT2D eigenvalue weighted by atomic mass is 16.2. The van der Waals surface area contributed by atoms with Crippen molar-refractivity contribution >= 4 is 17.6 Å². The van der Waals surface area contributed by atoms with Crippen LogP contribution >= 0.6 is 0 Å². The number of amides is 2. The number of fused-ring (bicyclic) bond motifs is 2. The summed E-state index contributed by atoms with van der Waals surface area (Å²) in [6.07, 6.45) is 7.52. The van der Waals surface area contributed by atoms with Crippen molar-refractivity contribution in [1.29, 1.82) is 0 Å². The van der Waals surface area contributed by atoms with Crippen molar-refractivity contribution in [2.75, 3.05) is 37.6 Å². The van der Waals surface area contributed by atoms with E-state index in [0.717, 1.165) is 31.7 Å². The van der Waals surface area contributed by atoms with E-state index in [0.29, 0.717) is 50.5 Å². The molecule has 1 aromatic heterocycles. The van der Waals surface area contributed by atoms with E-state index in [1.807, 2.05) is 23.1 Å². The van der Waals surface area contributed by atoms with Crippen molar-refractivity contribution in [2.24, 2.45) is 5.92 Å². The molecule has 2 bridgehead atoms. The van der Waals surface area contributed by atoms with Crippen LogP contribution in [0.5, 0.6) is 0 Å². The molecular weight excluding hydrogens is 354 g/mol. The van der Waals surface area contributed by atoms with E-state index in [2.05, 4.69) is 20.5 Å². The molecule has 0 saturated carbocycles. The van der Waals surface area contributed by atoms with Gasteiger partial charge in [-0.2, -0.15) is 0 Å². The Balaban J connectivity index is 1.13. The summed E-state index contributed by atoms with van der Waals surface area (Å²) in [5.41, 5.74) is 0. The summed E-state index contributed by atoms with van der Waals surface area (Å²) >= 11 is 0. The van der Waals surface area contributed by atoms with Crippen molar-refractivity contribution < 1.29 is 9.59 Å². The number of carbonyl (C=O) groups excluding carboxylic acids is 2. The molecule has 3 saturated heterocycles. The lowest BCUT2D eigenvalue weighted by Gasteiger charge is -2.35. The maximum absolute atomic E-state index is 12.4. The fourth-order valence-electron chi connectivity index (χ4n) is 4.87. The fraction of sp³-hybridized carbons (Fsp3) is 0.667. The molecule has 28 heavy (non-hydrogen) atoms. The van der Waals surface area contributed by atoms with Crippen LogP contribution in [-0.4, -0.2) is 66.5 Å². The minimum absolute atomic E-state index is 0.0964. The van der Waals surface area contributed by atoms with Gasteiger partial charge in [0.25, 0.3) is 0 Å². The molecule has 3 fully saturated rings. The predicted octanol–water partition coefficient (Wildman–Crippen LogP) is 1.16. The number of hydrogen-bond donors (Lipinski definition) is 2. The molecule has 2 N–H and O–H groups in total. The van der Waals surface area contributed by atoms with E-state index in [1.54, 1.807) is 6.20 Å². The smallest absolute Gasteiger partial charge is 0.224 e. The van der Waals surface area contributed by atoms with Gasteiger partial charge in [0.2, 0.25) is 11.8 Å².